The Balaban J connectivity index is 1.82. The highest BCUT2D eigenvalue weighted by Gasteiger charge is 2.34. The molecule has 1 aromatic carbocycles. The molecular weight excluding hydrogens is 474 g/mol. The zero-order chi connectivity index (χ0) is 26.6. The fraction of sp³-hybridized carbons (Fsp3) is 0.643. The number of esters is 1. The van der Waals surface area contributed by atoms with Crippen molar-refractivity contribution in [3.05, 3.63) is 35.4 Å². The van der Waals surface area contributed by atoms with Gasteiger partial charge in [-0.05, 0) is 41.7 Å². The van der Waals surface area contributed by atoms with Crippen molar-refractivity contribution < 1.29 is 19.1 Å². The summed E-state index contributed by atoms with van der Waals surface area (Å²) < 4.78 is 5.38. The number of ether oxygens (including phenoxy) is 1. The number of carbonyl (C=O) groups excluding carboxylic acids is 3. The molecule has 0 aliphatic carbocycles. The van der Waals surface area contributed by atoms with Crippen LogP contribution in [0.25, 0.3) is 0 Å². The van der Waals surface area contributed by atoms with Crippen molar-refractivity contribution in [2.75, 3.05) is 19.7 Å². The summed E-state index contributed by atoms with van der Waals surface area (Å²) in [6.07, 6.45) is 9.19. The lowest BCUT2D eigenvalue weighted by Gasteiger charge is -2.36. The molecule has 0 bridgehead atoms. The first-order valence-corrected chi connectivity index (χ1v) is 13.7. The van der Waals surface area contributed by atoms with Crippen molar-refractivity contribution in [1.82, 2.24) is 15.5 Å². The molecule has 1 aliphatic heterocycles. The Morgan fingerprint density at radius 2 is 1.67 bits per heavy atom. The van der Waals surface area contributed by atoms with E-state index in [1.54, 1.807) is 17.0 Å². The van der Waals surface area contributed by atoms with Crippen LogP contribution < -0.4 is 10.6 Å². The fourth-order valence-corrected chi connectivity index (χ4v) is 4.47. The van der Waals surface area contributed by atoms with Crippen LogP contribution in [0.5, 0.6) is 0 Å². The van der Waals surface area contributed by atoms with Gasteiger partial charge in [-0.3, -0.25) is 19.7 Å². The van der Waals surface area contributed by atoms with Crippen LogP contribution in [0.15, 0.2) is 24.3 Å². The highest BCUT2D eigenvalue weighted by Crippen LogP contribution is 2.22. The van der Waals surface area contributed by atoms with E-state index < -0.39 is 12.0 Å². The molecule has 2 N–H and O–H groups in total. The first-order chi connectivity index (χ1) is 17.1. The second-order valence-corrected chi connectivity index (χ2v) is 10.9. The Bertz CT molecular complexity index is 880. The molecule has 1 aliphatic rings. The van der Waals surface area contributed by atoms with Crippen molar-refractivity contribution in [3.63, 3.8) is 0 Å². The number of piperazine rings is 1. The lowest BCUT2D eigenvalue weighted by atomic mass is 9.87. The van der Waals surface area contributed by atoms with Gasteiger partial charge in [-0.25, -0.2) is 0 Å². The maximum atomic E-state index is 12.8. The van der Waals surface area contributed by atoms with E-state index in [2.05, 4.69) is 38.3 Å². The third-order valence-corrected chi connectivity index (χ3v) is 6.78. The number of hydrogen-bond donors (Lipinski definition) is 2. The van der Waals surface area contributed by atoms with Crippen molar-refractivity contribution in [3.8, 4) is 0 Å². The van der Waals surface area contributed by atoms with Gasteiger partial charge in [0.25, 0.3) is 5.91 Å². The van der Waals surface area contributed by atoms with E-state index in [-0.39, 0.29) is 28.8 Å². The molecular formula is C28H43N3O4S. The zero-order valence-corrected chi connectivity index (χ0v) is 23.2. The Morgan fingerprint density at radius 3 is 2.28 bits per heavy atom. The van der Waals surface area contributed by atoms with Crippen LogP contribution in [0.2, 0.25) is 0 Å². The molecule has 0 radical (unpaired) electrons. The first kappa shape index (κ1) is 29.7. The van der Waals surface area contributed by atoms with Gasteiger partial charge in [0, 0.05) is 18.7 Å². The summed E-state index contributed by atoms with van der Waals surface area (Å²) in [4.78, 5) is 39.3. The van der Waals surface area contributed by atoms with Gasteiger partial charge in [-0.2, -0.15) is 0 Å². The Hall–Kier alpha value is -2.48. The molecule has 1 atom stereocenters. The molecule has 7 nitrogen and oxygen atoms in total. The van der Waals surface area contributed by atoms with Gasteiger partial charge in [0.05, 0.1) is 13.0 Å². The van der Waals surface area contributed by atoms with Gasteiger partial charge in [0.15, 0.2) is 5.11 Å². The fourth-order valence-electron chi connectivity index (χ4n) is 4.16. The summed E-state index contributed by atoms with van der Waals surface area (Å²) in [5.74, 6) is -1.07. The molecule has 0 spiro atoms. The third kappa shape index (κ3) is 9.88. The molecule has 1 aromatic rings. The third-order valence-electron chi connectivity index (χ3n) is 6.45. The minimum Gasteiger partial charge on any atom is -0.466 e. The standard InChI is InChI=1S/C28H43N3O4S/c1-5-6-7-8-9-10-11-12-19-35-24(32)20-23-26(34)29-17-18-31(23)27(36)30-25(33)21-13-15-22(16-14-21)28(2,3)4/h13-16,23H,5-12,17-20H2,1-4H3,(H,29,34)(H,30,33,36). The second kappa shape index (κ2) is 14.9. The average Bonchev–Trinajstić information content (AvgIpc) is 2.83. The van der Waals surface area contributed by atoms with E-state index >= 15 is 0 Å². The molecule has 200 valence electrons. The number of carbonyl (C=O) groups is 3. The number of unbranched alkanes of at least 4 members (excludes halogenated alkanes) is 7. The smallest absolute Gasteiger partial charge is 0.308 e. The molecule has 36 heavy (non-hydrogen) atoms. The maximum Gasteiger partial charge on any atom is 0.308 e. The van der Waals surface area contributed by atoms with Crippen molar-refractivity contribution in [2.45, 2.75) is 96.9 Å². The summed E-state index contributed by atoms with van der Waals surface area (Å²) in [5.41, 5.74) is 1.59. The monoisotopic (exact) mass is 517 g/mol. The van der Waals surface area contributed by atoms with Gasteiger partial charge in [-0.15, -0.1) is 0 Å². The summed E-state index contributed by atoms with van der Waals surface area (Å²) in [6.45, 7) is 9.69. The van der Waals surface area contributed by atoms with E-state index in [0.717, 1.165) is 24.8 Å². The van der Waals surface area contributed by atoms with E-state index in [4.69, 9.17) is 17.0 Å². The summed E-state index contributed by atoms with van der Waals surface area (Å²) in [6, 6.07) is 6.58. The quantitative estimate of drug-likeness (QED) is 0.234. The molecule has 0 aromatic heterocycles. The molecule has 2 amide bonds. The zero-order valence-electron chi connectivity index (χ0n) is 22.4. The molecule has 1 heterocycles. The van der Waals surface area contributed by atoms with E-state index in [1.165, 1.54) is 32.1 Å². The van der Waals surface area contributed by atoms with E-state index in [9.17, 15) is 14.4 Å². The minimum absolute atomic E-state index is 0.0124. The van der Waals surface area contributed by atoms with Crippen LogP contribution in [0.4, 0.5) is 0 Å². The van der Waals surface area contributed by atoms with Gasteiger partial charge in [0.2, 0.25) is 5.91 Å². The van der Waals surface area contributed by atoms with Gasteiger partial charge in [0.1, 0.15) is 6.04 Å². The Kier molecular flexibility index (Phi) is 12.3. The summed E-state index contributed by atoms with van der Waals surface area (Å²) in [7, 11) is 0. The number of nitrogens with one attached hydrogen (secondary N) is 2. The van der Waals surface area contributed by atoms with Crippen molar-refractivity contribution in [2.24, 2.45) is 0 Å². The van der Waals surface area contributed by atoms with Crippen LogP contribution in [0.1, 0.15) is 101 Å². The van der Waals surface area contributed by atoms with Crippen LogP contribution in [-0.2, 0) is 19.7 Å². The lowest BCUT2D eigenvalue weighted by molar-refractivity contribution is -0.147. The highest BCUT2D eigenvalue weighted by molar-refractivity contribution is 7.80. The molecule has 8 heteroatoms. The maximum absolute atomic E-state index is 12.8. The van der Waals surface area contributed by atoms with Gasteiger partial charge >= 0.3 is 5.97 Å². The molecule has 2 rings (SSSR count). The number of benzene rings is 1. The van der Waals surface area contributed by atoms with Gasteiger partial charge < -0.3 is 15.0 Å². The number of nitrogens with zero attached hydrogens (tertiary/aromatic N) is 1. The predicted molar refractivity (Wildman–Crippen MR) is 147 cm³/mol. The highest BCUT2D eigenvalue weighted by atomic mass is 32.1. The number of hydrogen-bond acceptors (Lipinski definition) is 5. The Labute approximate surface area is 221 Å². The Morgan fingerprint density at radius 1 is 1.06 bits per heavy atom. The summed E-state index contributed by atoms with van der Waals surface area (Å²) >= 11 is 5.45. The van der Waals surface area contributed by atoms with Crippen LogP contribution in [0, 0.1) is 0 Å². The predicted octanol–water partition coefficient (Wildman–Crippen LogP) is 4.87. The van der Waals surface area contributed by atoms with Gasteiger partial charge in [-0.1, -0.05) is 84.8 Å². The summed E-state index contributed by atoms with van der Waals surface area (Å²) in [5, 5.41) is 5.63. The van der Waals surface area contributed by atoms with Crippen molar-refractivity contribution in [1.29, 1.82) is 0 Å². The lowest BCUT2D eigenvalue weighted by Crippen LogP contribution is -2.60. The molecule has 1 saturated heterocycles. The normalized spacial score (nSPS) is 15.8. The van der Waals surface area contributed by atoms with Crippen LogP contribution in [-0.4, -0.2) is 53.5 Å². The number of thiocarbonyl (C=S) groups is 1. The number of amides is 2. The average molecular weight is 518 g/mol. The van der Waals surface area contributed by atoms with E-state index in [0.29, 0.717) is 25.3 Å². The first-order valence-electron chi connectivity index (χ1n) is 13.3. The second-order valence-electron chi connectivity index (χ2n) is 10.5. The van der Waals surface area contributed by atoms with Crippen LogP contribution in [0.3, 0.4) is 0 Å². The largest absolute Gasteiger partial charge is 0.466 e. The minimum atomic E-state index is -0.805. The molecule has 1 fully saturated rings. The SMILES string of the molecule is CCCCCCCCCCOC(=O)CC1C(=O)NCCN1C(=S)NC(=O)c1ccc(C(C)(C)C)cc1. The topological polar surface area (TPSA) is 87.7 Å². The molecule has 0 saturated carbocycles. The van der Waals surface area contributed by atoms with E-state index in [1.807, 2.05) is 12.1 Å². The number of rotatable bonds is 12. The molecule has 1 unspecified atom stereocenters. The van der Waals surface area contributed by atoms with Crippen molar-refractivity contribution >= 4 is 35.1 Å². The van der Waals surface area contributed by atoms with Crippen LogP contribution >= 0.6 is 12.2 Å².